The van der Waals surface area contributed by atoms with E-state index in [0.29, 0.717) is 72.6 Å². The Kier molecular flexibility index (Phi) is 29.3. The van der Waals surface area contributed by atoms with E-state index in [4.69, 9.17) is 66.5 Å². The van der Waals surface area contributed by atoms with E-state index < -0.39 is 14.2 Å². The Morgan fingerprint density at radius 1 is 0.207 bits per heavy atom. The van der Waals surface area contributed by atoms with Gasteiger partial charge in [0.05, 0.1) is 0 Å². The number of benzene rings is 15. The molecule has 3 aromatic heterocycles. The highest BCUT2D eigenvalue weighted by Crippen LogP contribution is 2.40. The number of fused-ring (bicyclic) bond motifs is 6. The molecule has 15 aromatic carbocycles. The third kappa shape index (κ3) is 23.3. The summed E-state index contributed by atoms with van der Waals surface area (Å²) in [6, 6.07) is 130. The smallest absolute Gasteiger partial charge is 0.423 e. The highest BCUT2D eigenvalue weighted by atomic mass is 79.9. The van der Waals surface area contributed by atoms with Gasteiger partial charge in [-0.3, -0.25) is 0 Å². The van der Waals surface area contributed by atoms with Crippen LogP contribution in [0, 0.1) is 0 Å². The standard InChI is InChI=1S/2C21H14ClN3.C19H14.C15H10ClN3.C13H9Br.C6H6BClO2.C6H7BO2/c2*22-18-13-11-17(12-14-18)21-24-19(15-7-3-1-4-8-15)23-20(25-21)16-9-5-2-6-10-16;1-2-6-14(7-3-1)15-10-11-17-12-16-8-4-5-9-18(16)19(17)13-15;16-15-18-13(11-7-3-1-4-8-11)17-14(19-15)12-9-5-2-6-10-12;14-11-6-5-10-7-9-3-1-2-4-12(9)13(10)8-11;8-6-3-1-5(2-4-6)7(9)10;8-7(9)6-4-2-1-3-5-6/h2*1-14H;1-11,13H,12H2;1-10H;1-6,8H,7H2;1-4,9-10H;1-5,8-9H. The molecule has 20 heteroatoms. The van der Waals surface area contributed by atoms with Crippen molar-refractivity contribution in [2.24, 2.45) is 0 Å². The van der Waals surface area contributed by atoms with Crippen molar-refractivity contribution in [3.05, 3.63) is 447 Å². The molecule has 2 aliphatic rings. The second-order valence-electron chi connectivity index (χ2n) is 27.5. The first-order valence-corrected chi connectivity index (χ1v) is 40.9. The van der Waals surface area contributed by atoms with Crippen molar-refractivity contribution < 1.29 is 20.1 Å². The van der Waals surface area contributed by atoms with Gasteiger partial charge in [0, 0.05) is 64.0 Å². The number of nitrogens with zero attached hydrogens (tertiary/aromatic N) is 9. The molecule has 18 aromatic rings. The lowest BCUT2D eigenvalue weighted by Crippen LogP contribution is -2.29. The van der Waals surface area contributed by atoms with Crippen molar-refractivity contribution in [3.8, 4) is 124 Å². The van der Waals surface area contributed by atoms with Gasteiger partial charge in [-0.2, -0.15) is 9.97 Å². The maximum atomic E-state index is 8.63. The molecule has 2 aliphatic carbocycles. The topological polar surface area (TPSA) is 197 Å². The van der Waals surface area contributed by atoms with E-state index in [1.165, 1.54) is 55.6 Å². The van der Waals surface area contributed by atoms with Crippen LogP contribution in [0.25, 0.3) is 124 Å². The third-order valence-electron chi connectivity index (χ3n) is 19.2. The van der Waals surface area contributed by atoms with Gasteiger partial charge in [-0.25, -0.2) is 34.9 Å². The molecule has 0 fully saturated rings. The molecule has 0 unspecified atom stereocenters. The van der Waals surface area contributed by atoms with Gasteiger partial charge < -0.3 is 20.1 Å². The van der Waals surface area contributed by atoms with E-state index in [0.717, 1.165) is 61.8 Å². The summed E-state index contributed by atoms with van der Waals surface area (Å²) in [4.78, 5) is 40.8. The molecular formula is C101H74B2BrCl4N9O4. The molecule has 121 heavy (non-hydrogen) atoms. The fourth-order valence-corrected chi connectivity index (χ4v) is 14.0. The van der Waals surface area contributed by atoms with E-state index in [-0.39, 0.29) is 5.28 Å². The van der Waals surface area contributed by atoms with Crippen LogP contribution < -0.4 is 10.9 Å². The van der Waals surface area contributed by atoms with E-state index in [9.17, 15) is 0 Å². The van der Waals surface area contributed by atoms with Crippen LogP contribution in [-0.4, -0.2) is 79.2 Å². The lowest BCUT2D eigenvalue weighted by atomic mass is 9.81. The number of halogens is 5. The number of rotatable bonds is 11. The number of aromatic nitrogens is 9. The van der Waals surface area contributed by atoms with Crippen molar-refractivity contribution in [2.75, 3.05) is 0 Å². The molecule has 0 spiro atoms. The van der Waals surface area contributed by atoms with Gasteiger partial charge >= 0.3 is 14.2 Å². The molecule has 0 radical (unpaired) electrons. The Labute approximate surface area is 731 Å². The predicted molar refractivity (Wildman–Crippen MR) is 498 cm³/mol. The first-order valence-electron chi connectivity index (χ1n) is 38.6. The fraction of sp³-hybridized carbons (Fsp3) is 0.0198. The average molecular weight is 1720 g/mol. The fourth-order valence-electron chi connectivity index (χ4n) is 13.1. The lowest BCUT2D eigenvalue weighted by molar-refractivity contribution is 0.424. The van der Waals surface area contributed by atoms with Crippen molar-refractivity contribution >= 4 is 87.5 Å². The summed E-state index contributed by atoms with van der Waals surface area (Å²) in [6.07, 6.45) is 2.15. The Balaban J connectivity index is 0.000000118. The maximum absolute atomic E-state index is 8.63. The zero-order chi connectivity index (χ0) is 83.7. The summed E-state index contributed by atoms with van der Waals surface area (Å²) in [7, 11) is -2.75. The zero-order valence-electron chi connectivity index (χ0n) is 64.9. The summed E-state index contributed by atoms with van der Waals surface area (Å²) < 4.78 is 1.16. The minimum Gasteiger partial charge on any atom is -0.423 e. The SMILES string of the molecule is Brc1ccc2c(c1)-c1ccccc1C2.Clc1ccc(-c2nc(-c3ccccc3)nc(-c3ccccc3)n2)cc1.Clc1ccc(-c2nc(-c3ccccc3)nc(-c3ccccc3)n2)cc1.Clc1nc(-c2ccccc2)nc(-c2ccccc2)n1.OB(O)c1ccc(Cl)cc1.OB(O)c1ccccc1.c1ccc(-c2ccc3c(c2)-c2ccccc2C3)cc1. The summed E-state index contributed by atoms with van der Waals surface area (Å²) in [5.74, 6) is 5.03. The molecule has 0 atom stereocenters. The van der Waals surface area contributed by atoms with Crippen molar-refractivity contribution in [3.63, 3.8) is 0 Å². The van der Waals surface area contributed by atoms with Gasteiger partial charge in [0.25, 0.3) is 0 Å². The second-order valence-corrected chi connectivity index (χ2v) is 30.1. The highest BCUT2D eigenvalue weighted by molar-refractivity contribution is 9.10. The van der Waals surface area contributed by atoms with Crippen LogP contribution in [-0.2, 0) is 12.8 Å². The molecule has 0 bridgehead atoms. The van der Waals surface area contributed by atoms with Crippen LogP contribution in [0.4, 0.5) is 0 Å². The van der Waals surface area contributed by atoms with Crippen LogP contribution in [0.5, 0.6) is 0 Å². The van der Waals surface area contributed by atoms with E-state index in [1.54, 1.807) is 48.5 Å². The Hall–Kier alpha value is -13.1. The minimum absolute atomic E-state index is 0.202. The normalized spacial score (nSPS) is 10.8. The van der Waals surface area contributed by atoms with Crippen LogP contribution in [0.2, 0.25) is 20.4 Å². The number of hydrogen-bond donors (Lipinski definition) is 4. The molecular weight excluding hydrogens is 1650 g/mol. The quantitative estimate of drug-likeness (QED) is 0.0894. The first kappa shape index (κ1) is 84.4. The van der Waals surface area contributed by atoms with Crippen molar-refractivity contribution in [1.29, 1.82) is 0 Å². The van der Waals surface area contributed by atoms with E-state index in [1.807, 2.05) is 237 Å². The molecule has 0 amide bonds. The maximum Gasteiger partial charge on any atom is 0.488 e. The van der Waals surface area contributed by atoms with Crippen LogP contribution in [0.1, 0.15) is 22.3 Å². The molecule has 20 rings (SSSR count). The Bertz CT molecular complexity index is 6050. The molecule has 0 saturated heterocycles. The van der Waals surface area contributed by atoms with Gasteiger partial charge in [-0.1, -0.05) is 372 Å². The summed E-state index contributed by atoms with van der Waals surface area (Å²) in [5, 5.41) is 36.6. The molecule has 4 N–H and O–H groups in total. The summed E-state index contributed by atoms with van der Waals surface area (Å²) in [5.41, 5.74) is 22.4. The molecule has 0 saturated carbocycles. The molecule has 3 heterocycles. The van der Waals surface area contributed by atoms with Crippen LogP contribution in [0.3, 0.4) is 0 Å². The molecule has 588 valence electrons. The minimum atomic E-state index is -1.41. The van der Waals surface area contributed by atoms with Gasteiger partial charge in [0.15, 0.2) is 46.6 Å². The molecule has 13 nitrogen and oxygen atoms in total. The van der Waals surface area contributed by atoms with Crippen LogP contribution >= 0.6 is 62.3 Å². The zero-order valence-corrected chi connectivity index (χ0v) is 69.5. The van der Waals surface area contributed by atoms with Crippen molar-refractivity contribution in [2.45, 2.75) is 12.8 Å². The van der Waals surface area contributed by atoms with E-state index >= 15 is 0 Å². The van der Waals surface area contributed by atoms with Gasteiger partial charge in [0.2, 0.25) is 5.28 Å². The predicted octanol–water partition coefficient (Wildman–Crippen LogP) is 23.2. The van der Waals surface area contributed by atoms with Gasteiger partial charge in [0.1, 0.15) is 0 Å². The average Bonchev–Trinajstić information content (AvgIpc) is 1.65. The lowest BCUT2D eigenvalue weighted by Gasteiger charge is -2.08. The van der Waals surface area contributed by atoms with E-state index in [2.05, 4.69) is 176 Å². The largest absolute Gasteiger partial charge is 0.488 e. The van der Waals surface area contributed by atoms with Crippen molar-refractivity contribution in [1.82, 2.24) is 44.9 Å². The second kappa shape index (κ2) is 42.1. The Morgan fingerprint density at radius 3 is 0.752 bits per heavy atom. The Morgan fingerprint density at radius 2 is 0.438 bits per heavy atom. The highest BCUT2D eigenvalue weighted by Gasteiger charge is 2.21. The number of hydrogen-bond acceptors (Lipinski definition) is 13. The molecule has 0 aliphatic heterocycles. The van der Waals surface area contributed by atoms with Crippen LogP contribution in [0.15, 0.2) is 405 Å². The van der Waals surface area contributed by atoms with Gasteiger partial charge in [-0.05, 0) is 170 Å². The third-order valence-corrected chi connectivity index (χ3v) is 20.6. The van der Waals surface area contributed by atoms with Gasteiger partial charge in [-0.15, -0.1) is 0 Å². The monoisotopic (exact) mass is 1720 g/mol. The summed E-state index contributed by atoms with van der Waals surface area (Å²) >= 11 is 27.1. The summed E-state index contributed by atoms with van der Waals surface area (Å²) in [6.45, 7) is 0. The first-order chi connectivity index (χ1) is 59.2.